The number of piperidine rings is 1. The van der Waals surface area contributed by atoms with Crippen molar-refractivity contribution < 1.29 is 23.9 Å². The molecule has 2 aliphatic rings. The minimum Gasteiger partial charge on any atom is -0.461 e. The smallest absolute Gasteiger partial charge is 0.316 e. The molecule has 2 heterocycles. The predicted octanol–water partition coefficient (Wildman–Crippen LogP) is 5.00. The number of carbonyl (C=O) groups is 2. The molecule has 0 aromatic heterocycles. The quantitative estimate of drug-likeness (QED) is 0.278. The van der Waals surface area contributed by atoms with E-state index in [1.165, 1.54) is 0 Å². The first-order chi connectivity index (χ1) is 17.5. The molecule has 5 nitrogen and oxygen atoms in total. The average molecular weight is 485 g/mol. The standard InChI is InChI=1S/C31H34NO4/c1-32(20-30(34)25-14-12-23(13-15-25)22-8-4-2-5-9-22)26-16-17-27(32)19-28(18-26)36-31(35)29(21-33)24-10-6-3-7-11-24/h2-15,26-29,33H,16-21H2,1H3/q+1/t26?,27?,28?,29-,32?/m1/s1. The molecule has 186 valence electrons. The second kappa shape index (κ2) is 10.4. The van der Waals surface area contributed by atoms with Crippen LogP contribution in [0.15, 0.2) is 84.9 Å². The number of likely N-dealkylation sites (N-methyl/N-ethyl adjacent to an activating group) is 1. The Morgan fingerprint density at radius 3 is 2.00 bits per heavy atom. The maximum atomic E-state index is 13.3. The van der Waals surface area contributed by atoms with Crippen molar-refractivity contribution in [1.82, 2.24) is 0 Å². The molecule has 2 unspecified atom stereocenters. The number of aliphatic hydroxyl groups excluding tert-OH is 1. The number of nitrogens with zero attached hydrogens (tertiary/aromatic N) is 1. The summed E-state index contributed by atoms with van der Waals surface area (Å²) in [4.78, 5) is 26.2. The highest BCUT2D eigenvalue weighted by Gasteiger charge is 2.53. The van der Waals surface area contributed by atoms with E-state index in [4.69, 9.17) is 4.74 Å². The highest BCUT2D eigenvalue weighted by Crippen LogP contribution is 2.42. The van der Waals surface area contributed by atoms with E-state index >= 15 is 0 Å². The number of hydrogen-bond acceptors (Lipinski definition) is 4. The van der Waals surface area contributed by atoms with Gasteiger partial charge in [0.15, 0.2) is 0 Å². The third-order valence-electron chi connectivity index (χ3n) is 8.32. The summed E-state index contributed by atoms with van der Waals surface area (Å²) < 4.78 is 6.64. The van der Waals surface area contributed by atoms with Crippen LogP contribution >= 0.6 is 0 Å². The molecule has 0 radical (unpaired) electrons. The highest BCUT2D eigenvalue weighted by atomic mass is 16.5. The van der Waals surface area contributed by atoms with Crippen LogP contribution in [0.25, 0.3) is 11.1 Å². The summed E-state index contributed by atoms with van der Waals surface area (Å²) >= 11 is 0. The molecule has 0 spiro atoms. The monoisotopic (exact) mass is 484 g/mol. The number of ketones is 1. The van der Waals surface area contributed by atoms with Crippen molar-refractivity contribution in [3.05, 3.63) is 96.1 Å². The zero-order valence-corrected chi connectivity index (χ0v) is 20.8. The summed E-state index contributed by atoms with van der Waals surface area (Å²) in [6, 6.07) is 28.0. The summed E-state index contributed by atoms with van der Waals surface area (Å²) in [5, 5.41) is 9.83. The van der Waals surface area contributed by atoms with Crippen LogP contribution in [0.5, 0.6) is 0 Å². The lowest BCUT2D eigenvalue weighted by atomic mass is 9.94. The van der Waals surface area contributed by atoms with Gasteiger partial charge in [-0.3, -0.25) is 9.59 Å². The Kier molecular flexibility index (Phi) is 7.04. The topological polar surface area (TPSA) is 63.6 Å². The molecule has 0 aliphatic carbocycles. The van der Waals surface area contributed by atoms with E-state index in [2.05, 4.69) is 19.2 Å². The lowest BCUT2D eigenvalue weighted by Crippen LogP contribution is -2.60. The molecule has 2 saturated heterocycles. The van der Waals surface area contributed by atoms with Gasteiger partial charge in [0.1, 0.15) is 18.6 Å². The van der Waals surface area contributed by atoms with Gasteiger partial charge in [-0.15, -0.1) is 0 Å². The fourth-order valence-corrected chi connectivity index (χ4v) is 6.18. The molecule has 2 fully saturated rings. The number of quaternary nitrogens is 1. The lowest BCUT2D eigenvalue weighted by molar-refractivity contribution is -0.941. The maximum absolute atomic E-state index is 13.3. The van der Waals surface area contributed by atoms with Gasteiger partial charge in [0, 0.05) is 31.2 Å². The van der Waals surface area contributed by atoms with Gasteiger partial charge in [-0.25, -0.2) is 0 Å². The van der Waals surface area contributed by atoms with E-state index in [9.17, 15) is 14.7 Å². The van der Waals surface area contributed by atoms with Gasteiger partial charge in [-0.05, 0) is 16.7 Å². The average Bonchev–Trinajstić information content (AvgIpc) is 3.06. The molecule has 0 amide bonds. The lowest BCUT2D eigenvalue weighted by Gasteiger charge is -2.46. The second-order valence-electron chi connectivity index (χ2n) is 10.4. The Morgan fingerprint density at radius 2 is 1.42 bits per heavy atom. The van der Waals surface area contributed by atoms with Crippen LogP contribution in [0, 0.1) is 0 Å². The summed E-state index contributed by atoms with van der Waals surface area (Å²) in [7, 11) is 2.19. The van der Waals surface area contributed by atoms with Gasteiger partial charge in [0.2, 0.25) is 5.78 Å². The first-order valence-electron chi connectivity index (χ1n) is 12.9. The second-order valence-corrected chi connectivity index (χ2v) is 10.4. The molecule has 3 aromatic carbocycles. The van der Waals surface area contributed by atoms with Crippen LogP contribution < -0.4 is 0 Å². The molecule has 5 rings (SSSR count). The van der Waals surface area contributed by atoms with Crippen molar-refractivity contribution in [2.45, 2.75) is 49.8 Å². The number of benzene rings is 3. The number of aliphatic hydroxyl groups is 1. The van der Waals surface area contributed by atoms with Gasteiger partial charge < -0.3 is 14.3 Å². The summed E-state index contributed by atoms with van der Waals surface area (Å²) in [5.41, 5.74) is 3.76. The maximum Gasteiger partial charge on any atom is 0.316 e. The Balaban J connectivity index is 1.22. The molecule has 2 aliphatic heterocycles. The predicted molar refractivity (Wildman–Crippen MR) is 139 cm³/mol. The molecular formula is C31H34NO4+. The van der Waals surface area contributed by atoms with Crippen molar-refractivity contribution in [2.75, 3.05) is 20.2 Å². The number of ether oxygens (including phenoxy) is 1. The van der Waals surface area contributed by atoms with Crippen LogP contribution in [0.3, 0.4) is 0 Å². The molecule has 3 aromatic rings. The van der Waals surface area contributed by atoms with Crippen LogP contribution in [-0.2, 0) is 9.53 Å². The molecule has 1 N–H and O–H groups in total. The largest absolute Gasteiger partial charge is 0.461 e. The molecule has 0 saturated carbocycles. The number of hydrogen-bond donors (Lipinski definition) is 1. The number of rotatable bonds is 8. The Hall–Kier alpha value is -3.28. The van der Waals surface area contributed by atoms with E-state index in [0.29, 0.717) is 18.6 Å². The van der Waals surface area contributed by atoms with Crippen LogP contribution in [0.4, 0.5) is 0 Å². The number of Topliss-reactive ketones (excluding diaryl/α,β-unsaturated/α-hetero) is 1. The Morgan fingerprint density at radius 1 is 0.861 bits per heavy atom. The van der Waals surface area contributed by atoms with Gasteiger partial charge >= 0.3 is 5.97 Å². The highest BCUT2D eigenvalue weighted by molar-refractivity contribution is 5.97. The van der Waals surface area contributed by atoms with Crippen molar-refractivity contribution in [1.29, 1.82) is 0 Å². The Bertz CT molecular complexity index is 1180. The first kappa shape index (κ1) is 24.4. The van der Waals surface area contributed by atoms with E-state index in [1.54, 1.807) is 0 Å². The molecule has 3 atom stereocenters. The van der Waals surface area contributed by atoms with Gasteiger partial charge in [-0.1, -0.05) is 84.9 Å². The minimum atomic E-state index is -0.660. The normalized spacial score (nSPS) is 25.8. The van der Waals surface area contributed by atoms with Gasteiger partial charge in [-0.2, -0.15) is 0 Å². The van der Waals surface area contributed by atoms with Crippen LogP contribution in [-0.4, -0.2) is 59.7 Å². The SMILES string of the molecule is C[N+]1(CC(=O)c2ccc(-c3ccccc3)cc2)C2CCC1CC(OC(=O)[C@H](CO)c1ccccc1)C2. The molecule has 2 bridgehead atoms. The molecule has 5 heteroatoms. The summed E-state index contributed by atoms with van der Waals surface area (Å²) in [6.45, 7) is 0.192. The van der Waals surface area contributed by atoms with E-state index in [0.717, 1.165) is 52.4 Å². The fourth-order valence-electron chi connectivity index (χ4n) is 6.18. The number of esters is 1. The molecular weight excluding hydrogens is 450 g/mol. The van der Waals surface area contributed by atoms with Crippen molar-refractivity contribution in [3.8, 4) is 11.1 Å². The van der Waals surface area contributed by atoms with E-state index in [-0.39, 0.29) is 24.5 Å². The third-order valence-corrected chi connectivity index (χ3v) is 8.32. The zero-order chi connectivity index (χ0) is 25.1. The molecule has 36 heavy (non-hydrogen) atoms. The minimum absolute atomic E-state index is 0.161. The third kappa shape index (κ3) is 4.86. The number of fused-ring (bicyclic) bond motifs is 2. The van der Waals surface area contributed by atoms with Crippen LogP contribution in [0.1, 0.15) is 47.5 Å². The van der Waals surface area contributed by atoms with Crippen molar-refractivity contribution >= 4 is 11.8 Å². The fraction of sp³-hybridized carbons (Fsp3) is 0.355. The van der Waals surface area contributed by atoms with Gasteiger partial charge in [0.05, 0.1) is 25.7 Å². The van der Waals surface area contributed by atoms with Crippen molar-refractivity contribution in [2.24, 2.45) is 0 Å². The zero-order valence-electron chi connectivity index (χ0n) is 20.8. The number of carbonyl (C=O) groups excluding carboxylic acids is 2. The van der Waals surface area contributed by atoms with E-state index in [1.807, 2.05) is 72.8 Å². The first-order valence-corrected chi connectivity index (χ1v) is 12.9. The van der Waals surface area contributed by atoms with Crippen LogP contribution in [0.2, 0.25) is 0 Å². The Labute approximate surface area is 212 Å². The summed E-state index contributed by atoms with van der Waals surface area (Å²) in [6.07, 6.45) is 3.42. The van der Waals surface area contributed by atoms with E-state index < -0.39 is 5.92 Å². The van der Waals surface area contributed by atoms with Crippen molar-refractivity contribution in [3.63, 3.8) is 0 Å². The summed E-state index contributed by atoms with van der Waals surface area (Å²) in [5.74, 6) is -0.861. The van der Waals surface area contributed by atoms with Gasteiger partial charge in [0.25, 0.3) is 0 Å².